The molecule has 0 saturated carbocycles. The van der Waals surface area contributed by atoms with Gasteiger partial charge in [0.05, 0.1) is 10.0 Å². The first kappa shape index (κ1) is 15.9. The van der Waals surface area contributed by atoms with E-state index in [0.29, 0.717) is 33.5 Å². The van der Waals surface area contributed by atoms with Gasteiger partial charge in [-0.3, -0.25) is 0 Å². The zero-order chi connectivity index (χ0) is 13.5. The first-order valence-electron chi connectivity index (χ1n) is 6.09. The van der Waals surface area contributed by atoms with Gasteiger partial charge in [0.2, 0.25) is 0 Å². The molecule has 1 aromatic rings. The Morgan fingerprint density at radius 1 is 1.11 bits per heavy atom. The van der Waals surface area contributed by atoms with E-state index in [1.54, 1.807) is 12.1 Å². The number of halogens is 3. The molecule has 0 aliphatic carbocycles. The van der Waals surface area contributed by atoms with Gasteiger partial charge in [0.25, 0.3) is 0 Å². The smallest absolute Gasteiger partial charge is 0.156 e. The zero-order valence-electron chi connectivity index (χ0n) is 10.6. The van der Waals surface area contributed by atoms with Gasteiger partial charge in [-0.15, -0.1) is 0 Å². The summed E-state index contributed by atoms with van der Waals surface area (Å²) in [6.45, 7) is 5.61. The molecule has 18 heavy (non-hydrogen) atoms. The van der Waals surface area contributed by atoms with Crippen molar-refractivity contribution in [2.75, 3.05) is 13.2 Å². The van der Waals surface area contributed by atoms with Crippen LogP contribution in [0, 0.1) is 0 Å². The van der Waals surface area contributed by atoms with Gasteiger partial charge in [-0.25, -0.2) is 0 Å². The molecule has 2 nitrogen and oxygen atoms in total. The van der Waals surface area contributed by atoms with Crippen LogP contribution in [0.2, 0.25) is 15.1 Å². The van der Waals surface area contributed by atoms with Gasteiger partial charge in [0, 0.05) is 17.6 Å². The molecule has 1 N–H and O–H groups in total. The maximum Gasteiger partial charge on any atom is 0.156 e. The highest BCUT2D eigenvalue weighted by atomic mass is 35.5. The van der Waals surface area contributed by atoms with Crippen LogP contribution in [-0.4, -0.2) is 19.2 Å². The van der Waals surface area contributed by atoms with E-state index < -0.39 is 0 Å². The van der Waals surface area contributed by atoms with Crippen LogP contribution < -0.4 is 10.1 Å². The number of nitrogens with one attached hydrogen (secondary N) is 1. The average Bonchev–Trinajstić information content (AvgIpc) is 2.32. The Morgan fingerprint density at radius 3 is 2.17 bits per heavy atom. The molecule has 0 amide bonds. The second-order valence-electron chi connectivity index (χ2n) is 4.01. The number of hydrogen-bond donors (Lipinski definition) is 1. The lowest BCUT2D eigenvalue weighted by atomic mass is 10.2. The topological polar surface area (TPSA) is 21.3 Å². The molecule has 0 saturated heterocycles. The van der Waals surface area contributed by atoms with Gasteiger partial charge in [-0.1, -0.05) is 48.7 Å². The van der Waals surface area contributed by atoms with Crippen molar-refractivity contribution in [2.45, 2.75) is 32.7 Å². The third-order valence-electron chi connectivity index (χ3n) is 2.73. The highest BCUT2D eigenvalue weighted by molar-refractivity contribution is 6.40. The Balaban J connectivity index is 2.44. The standard InChI is InChI=1S/C13H18Cl3NO/c1-3-10(4-2)17-5-6-18-13-11(15)7-9(14)8-12(13)16/h7-8,10,17H,3-6H2,1-2H3. The monoisotopic (exact) mass is 309 g/mol. The van der Waals surface area contributed by atoms with Crippen molar-refractivity contribution < 1.29 is 4.74 Å². The van der Waals surface area contributed by atoms with Crippen LogP contribution in [0.5, 0.6) is 5.75 Å². The predicted molar refractivity (Wildman–Crippen MR) is 79.3 cm³/mol. The Morgan fingerprint density at radius 2 is 1.67 bits per heavy atom. The second-order valence-corrected chi connectivity index (χ2v) is 5.27. The molecule has 0 bridgehead atoms. The quantitative estimate of drug-likeness (QED) is 0.730. The fourth-order valence-electron chi connectivity index (χ4n) is 1.66. The highest BCUT2D eigenvalue weighted by Gasteiger charge is 2.09. The average molecular weight is 311 g/mol. The minimum Gasteiger partial charge on any atom is -0.489 e. The van der Waals surface area contributed by atoms with Crippen LogP contribution in [0.15, 0.2) is 12.1 Å². The van der Waals surface area contributed by atoms with E-state index in [-0.39, 0.29) is 0 Å². The zero-order valence-corrected chi connectivity index (χ0v) is 12.9. The summed E-state index contributed by atoms with van der Waals surface area (Å²) in [6.07, 6.45) is 2.22. The largest absolute Gasteiger partial charge is 0.489 e. The summed E-state index contributed by atoms with van der Waals surface area (Å²) in [5.74, 6) is 0.495. The first-order chi connectivity index (χ1) is 8.58. The molecule has 0 heterocycles. The molecule has 0 atom stereocenters. The third-order valence-corrected chi connectivity index (χ3v) is 3.51. The van der Waals surface area contributed by atoms with Crippen molar-refractivity contribution in [3.05, 3.63) is 27.2 Å². The van der Waals surface area contributed by atoms with Gasteiger partial charge in [-0.05, 0) is 25.0 Å². The van der Waals surface area contributed by atoms with E-state index in [1.807, 2.05) is 0 Å². The van der Waals surface area contributed by atoms with E-state index in [2.05, 4.69) is 19.2 Å². The molecule has 0 spiro atoms. The molecular formula is C13H18Cl3NO. The SMILES string of the molecule is CCC(CC)NCCOc1c(Cl)cc(Cl)cc1Cl. The van der Waals surface area contributed by atoms with E-state index in [0.717, 1.165) is 19.4 Å². The number of benzene rings is 1. The summed E-state index contributed by atoms with van der Waals surface area (Å²) in [5, 5.41) is 4.79. The van der Waals surface area contributed by atoms with Gasteiger partial charge in [-0.2, -0.15) is 0 Å². The van der Waals surface area contributed by atoms with Gasteiger partial charge < -0.3 is 10.1 Å². The van der Waals surface area contributed by atoms with E-state index in [9.17, 15) is 0 Å². The molecule has 1 aromatic carbocycles. The van der Waals surface area contributed by atoms with Crippen LogP contribution in [0.3, 0.4) is 0 Å². The fraction of sp³-hybridized carbons (Fsp3) is 0.538. The first-order valence-corrected chi connectivity index (χ1v) is 7.22. The molecule has 0 aromatic heterocycles. The number of ether oxygens (including phenoxy) is 1. The number of rotatable bonds is 7. The maximum atomic E-state index is 6.02. The molecule has 0 aliphatic heterocycles. The molecular weight excluding hydrogens is 293 g/mol. The predicted octanol–water partition coefficient (Wildman–Crippen LogP) is 4.80. The Hall–Kier alpha value is -0.150. The fourth-order valence-corrected chi connectivity index (χ4v) is 2.59. The lowest BCUT2D eigenvalue weighted by molar-refractivity contribution is 0.302. The lowest BCUT2D eigenvalue weighted by Gasteiger charge is -2.15. The molecule has 102 valence electrons. The maximum absolute atomic E-state index is 6.02. The van der Waals surface area contributed by atoms with Crippen molar-refractivity contribution >= 4 is 34.8 Å². The van der Waals surface area contributed by atoms with Crippen LogP contribution in [0.1, 0.15) is 26.7 Å². The summed E-state index contributed by atoms with van der Waals surface area (Å²) < 4.78 is 5.58. The normalized spacial score (nSPS) is 11.0. The van der Waals surface area contributed by atoms with Gasteiger partial charge in [0.15, 0.2) is 5.75 Å². The van der Waals surface area contributed by atoms with Crippen molar-refractivity contribution in [1.82, 2.24) is 5.32 Å². The van der Waals surface area contributed by atoms with Crippen molar-refractivity contribution in [1.29, 1.82) is 0 Å². The van der Waals surface area contributed by atoms with Crippen molar-refractivity contribution in [3.63, 3.8) is 0 Å². The summed E-state index contributed by atoms with van der Waals surface area (Å²) >= 11 is 17.9. The van der Waals surface area contributed by atoms with Crippen LogP contribution in [0.25, 0.3) is 0 Å². The third kappa shape index (κ3) is 4.85. The molecule has 5 heteroatoms. The molecule has 0 aliphatic rings. The van der Waals surface area contributed by atoms with E-state index >= 15 is 0 Å². The molecule has 0 fully saturated rings. The van der Waals surface area contributed by atoms with E-state index in [1.165, 1.54) is 0 Å². The van der Waals surface area contributed by atoms with Crippen LogP contribution >= 0.6 is 34.8 Å². The Labute approximate surface area is 124 Å². The van der Waals surface area contributed by atoms with Crippen LogP contribution in [-0.2, 0) is 0 Å². The highest BCUT2D eigenvalue weighted by Crippen LogP contribution is 2.35. The molecule has 0 unspecified atom stereocenters. The van der Waals surface area contributed by atoms with Gasteiger partial charge in [0.1, 0.15) is 6.61 Å². The summed E-state index contributed by atoms with van der Waals surface area (Å²) in [6, 6.07) is 3.78. The molecule has 1 rings (SSSR count). The summed E-state index contributed by atoms with van der Waals surface area (Å²) in [5.41, 5.74) is 0. The van der Waals surface area contributed by atoms with Crippen molar-refractivity contribution in [2.24, 2.45) is 0 Å². The van der Waals surface area contributed by atoms with E-state index in [4.69, 9.17) is 39.5 Å². The lowest BCUT2D eigenvalue weighted by Crippen LogP contribution is -2.31. The number of hydrogen-bond acceptors (Lipinski definition) is 2. The minimum absolute atomic E-state index is 0.440. The summed E-state index contributed by atoms with van der Waals surface area (Å²) in [4.78, 5) is 0. The van der Waals surface area contributed by atoms with Crippen molar-refractivity contribution in [3.8, 4) is 5.75 Å². The summed E-state index contributed by atoms with van der Waals surface area (Å²) in [7, 11) is 0. The Bertz CT molecular complexity index is 357. The minimum atomic E-state index is 0.440. The Kier molecular flexibility index (Phi) is 7.16. The molecule has 0 radical (unpaired) electrons. The van der Waals surface area contributed by atoms with Crippen LogP contribution in [0.4, 0.5) is 0 Å². The van der Waals surface area contributed by atoms with Gasteiger partial charge >= 0.3 is 0 Å². The second kappa shape index (κ2) is 8.11.